The number of anilines is 1. The SMILES string of the molecule is CC(C)Nc1nccc(C#N)c1[N+](=O)[O-]. The zero-order valence-electron chi connectivity index (χ0n) is 8.39. The highest BCUT2D eigenvalue weighted by atomic mass is 16.6. The maximum Gasteiger partial charge on any atom is 0.328 e. The molecule has 1 rings (SSSR count). The molecule has 1 heterocycles. The topological polar surface area (TPSA) is 91.8 Å². The van der Waals surface area contributed by atoms with E-state index in [1.807, 2.05) is 13.8 Å². The van der Waals surface area contributed by atoms with E-state index in [4.69, 9.17) is 5.26 Å². The van der Waals surface area contributed by atoms with E-state index in [9.17, 15) is 10.1 Å². The number of rotatable bonds is 3. The predicted molar refractivity (Wildman–Crippen MR) is 54.4 cm³/mol. The summed E-state index contributed by atoms with van der Waals surface area (Å²) >= 11 is 0. The largest absolute Gasteiger partial charge is 0.362 e. The number of nitrogens with one attached hydrogen (secondary N) is 1. The lowest BCUT2D eigenvalue weighted by atomic mass is 10.2. The fourth-order valence-electron chi connectivity index (χ4n) is 1.11. The average Bonchev–Trinajstić information content (AvgIpc) is 2.15. The van der Waals surface area contributed by atoms with E-state index in [0.29, 0.717) is 0 Å². The molecule has 0 aliphatic rings. The van der Waals surface area contributed by atoms with Crippen LogP contribution in [0.4, 0.5) is 11.5 Å². The third-order valence-electron chi connectivity index (χ3n) is 1.65. The summed E-state index contributed by atoms with van der Waals surface area (Å²) in [5.74, 6) is 0.133. The van der Waals surface area contributed by atoms with Gasteiger partial charge < -0.3 is 5.32 Å². The van der Waals surface area contributed by atoms with Crippen LogP contribution in [0.2, 0.25) is 0 Å². The van der Waals surface area contributed by atoms with E-state index < -0.39 is 4.92 Å². The van der Waals surface area contributed by atoms with Crippen molar-refractivity contribution in [1.82, 2.24) is 4.98 Å². The monoisotopic (exact) mass is 206 g/mol. The van der Waals surface area contributed by atoms with Gasteiger partial charge in [-0.25, -0.2) is 4.98 Å². The maximum absolute atomic E-state index is 10.8. The van der Waals surface area contributed by atoms with E-state index in [2.05, 4.69) is 10.3 Å². The van der Waals surface area contributed by atoms with Gasteiger partial charge in [-0.05, 0) is 19.9 Å². The van der Waals surface area contributed by atoms with Crippen molar-refractivity contribution in [2.24, 2.45) is 0 Å². The molecule has 0 radical (unpaired) electrons. The summed E-state index contributed by atoms with van der Waals surface area (Å²) in [6, 6.07) is 3.11. The fraction of sp³-hybridized carbons (Fsp3) is 0.333. The van der Waals surface area contributed by atoms with Gasteiger partial charge in [0.05, 0.1) is 4.92 Å². The molecule has 1 aromatic heterocycles. The Morgan fingerprint density at radius 3 is 2.80 bits per heavy atom. The van der Waals surface area contributed by atoms with Crippen molar-refractivity contribution in [1.29, 1.82) is 5.26 Å². The Balaban J connectivity index is 3.27. The van der Waals surface area contributed by atoms with Crippen LogP contribution in [0, 0.1) is 21.4 Å². The van der Waals surface area contributed by atoms with Crippen LogP contribution in [0.15, 0.2) is 12.3 Å². The van der Waals surface area contributed by atoms with Crippen molar-refractivity contribution < 1.29 is 4.92 Å². The fourth-order valence-corrected chi connectivity index (χ4v) is 1.11. The quantitative estimate of drug-likeness (QED) is 0.600. The Labute approximate surface area is 86.7 Å². The number of nitro groups is 1. The molecule has 78 valence electrons. The van der Waals surface area contributed by atoms with Crippen LogP contribution in [-0.2, 0) is 0 Å². The first kappa shape index (κ1) is 10.9. The van der Waals surface area contributed by atoms with Crippen molar-refractivity contribution in [2.75, 3.05) is 5.32 Å². The molecule has 0 spiro atoms. The normalized spacial score (nSPS) is 9.73. The molecule has 1 N–H and O–H groups in total. The van der Waals surface area contributed by atoms with E-state index in [1.165, 1.54) is 12.3 Å². The molecular formula is C9H10N4O2. The van der Waals surface area contributed by atoms with E-state index in [-0.39, 0.29) is 23.1 Å². The van der Waals surface area contributed by atoms with Crippen LogP contribution in [-0.4, -0.2) is 15.9 Å². The Kier molecular flexibility index (Phi) is 3.18. The number of aromatic nitrogens is 1. The zero-order valence-corrected chi connectivity index (χ0v) is 8.39. The van der Waals surface area contributed by atoms with Crippen molar-refractivity contribution in [3.63, 3.8) is 0 Å². The van der Waals surface area contributed by atoms with Gasteiger partial charge in [-0.15, -0.1) is 0 Å². The lowest BCUT2D eigenvalue weighted by Crippen LogP contribution is -2.13. The smallest absolute Gasteiger partial charge is 0.328 e. The molecule has 0 amide bonds. The van der Waals surface area contributed by atoms with Crippen molar-refractivity contribution in [3.8, 4) is 6.07 Å². The molecule has 0 bridgehead atoms. The Morgan fingerprint density at radius 1 is 1.67 bits per heavy atom. The summed E-state index contributed by atoms with van der Waals surface area (Å²) in [7, 11) is 0. The van der Waals surface area contributed by atoms with Crippen LogP contribution in [0.1, 0.15) is 19.4 Å². The van der Waals surface area contributed by atoms with E-state index >= 15 is 0 Å². The van der Waals surface area contributed by atoms with Crippen molar-refractivity contribution >= 4 is 11.5 Å². The molecule has 6 nitrogen and oxygen atoms in total. The standard InChI is InChI=1S/C9H10N4O2/c1-6(2)12-9-8(13(14)15)7(5-10)3-4-11-9/h3-4,6H,1-2H3,(H,11,12). The Hall–Kier alpha value is -2.16. The van der Waals surface area contributed by atoms with Crippen LogP contribution < -0.4 is 5.32 Å². The van der Waals surface area contributed by atoms with Gasteiger partial charge in [-0.2, -0.15) is 5.26 Å². The minimum absolute atomic E-state index is 0.0122. The van der Waals surface area contributed by atoms with Gasteiger partial charge in [0.15, 0.2) is 0 Å². The van der Waals surface area contributed by atoms with Gasteiger partial charge in [0.25, 0.3) is 0 Å². The van der Waals surface area contributed by atoms with E-state index in [1.54, 1.807) is 6.07 Å². The molecular weight excluding hydrogens is 196 g/mol. The third-order valence-corrected chi connectivity index (χ3v) is 1.65. The lowest BCUT2D eigenvalue weighted by Gasteiger charge is -2.08. The molecule has 0 unspecified atom stereocenters. The molecule has 0 fully saturated rings. The van der Waals surface area contributed by atoms with Crippen LogP contribution in [0.3, 0.4) is 0 Å². The highest BCUT2D eigenvalue weighted by Crippen LogP contribution is 2.25. The first-order chi connectivity index (χ1) is 7.06. The summed E-state index contributed by atoms with van der Waals surface area (Å²) in [4.78, 5) is 14.0. The molecule has 6 heteroatoms. The van der Waals surface area contributed by atoms with Crippen molar-refractivity contribution in [2.45, 2.75) is 19.9 Å². The second-order valence-electron chi connectivity index (χ2n) is 3.22. The summed E-state index contributed by atoms with van der Waals surface area (Å²) < 4.78 is 0. The molecule has 15 heavy (non-hydrogen) atoms. The zero-order chi connectivity index (χ0) is 11.4. The minimum atomic E-state index is -0.601. The van der Waals surface area contributed by atoms with E-state index in [0.717, 1.165) is 0 Å². The van der Waals surface area contributed by atoms with Crippen LogP contribution >= 0.6 is 0 Å². The Bertz CT molecular complexity index is 423. The van der Waals surface area contributed by atoms with Gasteiger partial charge >= 0.3 is 5.69 Å². The van der Waals surface area contributed by atoms with Gasteiger partial charge in [-0.3, -0.25) is 10.1 Å². The van der Waals surface area contributed by atoms with Gasteiger partial charge in [-0.1, -0.05) is 0 Å². The highest BCUT2D eigenvalue weighted by Gasteiger charge is 2.21. The van der Waals surface area contributed by atoms with Gasteiger partial charge in [0.1, 0.15) is 11.6 Å². The predicted octanol–water partition coefficient (Wildman–Crippen LogP) is 1.68. The Morgan fingerprint density at radius 2 is 2.33 bits per heavy atom. The number of nitrogens with zero attached hydrogens (tertiary/aromatic N) is 3. The summed E-state index contributed by atoms with van der Waals surface area (Å²) in [6.45, 7) is 3.68. The first-order valence-electron chi connectivity index (χ1n) is 4.36. The van der Waals surface area contributed by atoms with Gasteiger partial charge in [0.2, 0.25) is 5.82 Å². The first-order valence-corrected chi connectivity index (χ1v) is 4.36. The number of nitriles is 1. The molecule has 0 aliphatic heterocycles. The lowest BCUT2D eigenvalue weighted by molar-refractivity contribution is -0.384. The van der Waals surface area contributed by atoms with Crippen molar-refractivity contribution in [3.05, 3.63) is 27.9 Å². The molecule has 0 atom stereocenters. The number of hydrogen-bond acceptors (Lipinski definition) is 5. The molecule has 0 saturated carbocycles. The average molecular weight is 206 g/mol. The molecule has 0 aromatic carbocycles. The highest BCUT2D eigenvalue weighted by molar-refractivity contribution is 5.64. The van der Waals surface area contributed by atoms with Crippen LogP contribution in [0.25, 0.3) is 0 Å². The molecule has 1 aromatic rings. The molecule has 0 saturated heterocycles. The minimum Gasteiger partial charge on any atom is -0.362 e. The maximum atomic E-state index is 10.8. The third kappa shape index (κ3) is 2.40. The van der Waals surface area contributed by atoms with Crippen LogP contribution in [0.5, 0.6) is 0 Å². The summed E-state index contributed by atoms with van der Waals surface area (Å²) in [6.07, 6.45) is 1.37. The molecule has 0 aliphatic carbocycles. The second-order valence-corrected chi connectivity index (χ2v) is 3.22. The second kappa shape index (κ2) is 4.37. The van der Waals surface area contributed by atoms with Gasteiger partial charge in [0, 0.05) is 12.2 Å². The summed E-state index contributed by atoms with van der Waals surface area (Å²) in [5, 5.41) is 22.3. The number of hydrogen-bond donors (Lipinski definition) is 1. The summed E-state index contributed by atoms with van der Waals surface area (Å²) in [5.41, 5.74) is -0.258. The number of pyridine rings is 1.